The number of aliphatic carboxylic acids is 1. The first-order chi connectivity index (χ1) is 8.77. The van der Waals surface area contributed by atoms with Gasteiger partial charge in [0.1, 0.15) is 5.75 Å². The summed E-state index contributed by atoms with van der Waals surface area (Å²) < 4.78 is 5.27. The average Bonchev–Trinajstić information content (AvgIpc) is 2.32. The molecular weight excluding hydrogens is 242 g/mol. The molecule has 0 radical (unpaired) electrons. The Balaban J connectivity index is 2.69. The number of hydrogen-bond donors (Lipinski definition) is 2. The molecular formula is C15H23NO3. The van der Waals surface area contributed by atoms with Crippen LogP contribution in [-0.4, -0.2) is 24.7 Å². The van der Waals surface area contributed by atoms with Gasteiger partial charge in [0.25, 0.3) is 0 Å². The Bertz CT molecular complexity index is 467. The van der Waals surface area contributed by atoms with Crippen LogP contribution in [-0.2, 0) is 4.79 Å². The number of methoxy groups -OCH3 is 1. The highest BCUT2D eigenvalue weighted by Crippen LogP contribution is 2.27. The minimum absolute atomic E-state index is 0.576. The molecule has 0 bridgehead atoms. The lowest BCUT2D eigenvalue weighted by atomic mass is 9.89. The second-order valence-corrected chi connectivity index (χ2v) is 5.50. The highest BCUT2D eigenvalue weighted by atomic mass is 16.5. The van der Waals surface area contributed by atoms with Crippen molar-refractivity contribution in [3.63, 3.8) is 0 Å². The second kappa shape index (κ2) is 5.95. The molecule has 1 aromatic rings. The molecule has 0 atom stereocenters. The van der Waals surface area contributed by atoms with E-state index in [1.807, 2.05) is 26.0 Å². The van der Waals surface area contributed by atoms with E-state index in [1.165, 1.54) is 0 Å². The predicted octanol–water partition coefficient (Wildman–Crippen LogP) is 3.22. The number of carboxylic acids is 1. The molecule has 1 aromatic carbocycles. The maximum absolute atomic E-state index is 11.0. The van der Waals surface area contributed by atoms with Crippen LogP contribution in [0.2, 0.25) is 0 Å². The van der Waals surface area contributed by atoms with Gasteiger partial charge in [-0.1, -0.05) is 0 Å². The molecule has 19 heavy (non-hydrogen) atoms. The lowest BCUT2D eigenvalue weighted by Gasteiger charge is -2.20. The van der Waals surface area contributed by atoms with Gasteiger partial charge in [0.05, 0.1) is 12.5 Å². The number of ether oxygens (including phenoxy) is 1. The normalized spacial score (nSPS) is 11.2. The summed E-state index contributed by atoms with van der Waals surface area (Å²) >= 11 is 0. The summed E-state index contributed by atoms with van der Waals surface area (Å²) in [5.41, 5.74) is 2.48. The monoisotopic (exact) mass is 265 g/mol. The van der Waals surface area contributed by atoms with Crippen molar-refractivity contribution in [1.82, 2.24) is 0 Å². The minimum Gasteiger partial charge on any atom is -0.496 e. The smallest absolute Gasteiger partial charge is 0.309 e. The molecule has 106 valence electrons. The van der Waals surface area contributed by atoms with Crippen LogP contribution in [0.15, 0.2) is 12.1 Å². The van der Waals surface area contributed by atoms with Gasteiger partial charge in [-0.05, 0) is 57.4 Å². The molecule has 1 rings (SSSR count). The zero-order valence-electron chi connectivity index (χ0n) is 12.3. The molecule has 0 aliphatic heterocycles. The Kier molecular flexibility index (Phi) is 4.81. The third-order valence-electron chi connectivity index (χ3n) is 3.39. The Labute approximate surface area is 114 Å². The predicted molar refractivity (Wildman–Crippen MR) is 77.0 cm³/mol. The molecule has 2 N–H and O–H groups in total. The molecule has 0 aromatic heterocycles. The first-order valence-corrected chi connectivity index (χ1v) is 6.40. The molecule has 0 amide bonds. The third kappa shape index (κ3) is 3.88. The van der Waals surface area contributed by atoms with Crippen molar-refractivity contribution in [3.8, 4) is 5.75 Å². The molecule has 4 nitrogen and oxygen atoms in total. The molecule has 4 heteroatoms. The highest BCUT2D eigenvalue weighted by Gasteiger charge is 2.26. The quantitative estimate of drug-likeness (QED) is 0.829. The first kappa shape index (κ1) is 15.3. The van der Waals surface area contributed by atoms with Crippen molar-refractivity contribution in [2.75, 3.05) is 19.0 Å². The lowest BCUT2D eigenvalue weighted by Crippen LogP contribution is -2.26. The van der Waals surface area contributed by atoms with Gasteiger partial charge in [0.2, 0.25) is 0 Å². The SMILES string of the molecule is COc1cc(C)c(NCCC(C)(C)C(=O)O)cc1C. The van der Waals surface area contributed by atoms with E-state index >= 15 is 0 Å². The van der Waals surface area contributed by atoms with Crippen LogP contribution in [0.5, 0.6) is 5.75 Å². The third-order valence-corrected chi connectivity index (χ3v) is 3.39. The number of carbonyl (C=O) groups is 1. The van der Waals surface area contributed by atoms with E-state index in [1.54, 1.807) is 21.0 Å². The Morgan fingerprint density at radius 1 is 1.32 bits per heavy atom. The van der Waals surface area contributed by atoms with E-state index in [9.17, 15) is 4.79 Å². The molecule has 0 spiro atoms. The number of benzene rings is 1. The van der Waals surface area contributed by atoms with Crippen LogP contribution in [0, 0.1) is 19.3 Å². The van der Waals surface area contributed by atoms with Crippen LogP contribution in [0.3, 0.4) is 0 Å². The number of anilines is 1. The standard InChI is InChI=1S/C15H23NO3/c1-10-9-13(19-5)11(2)8-12(10)16-7-6-15(3,4)14(17)18/h8-9,16H,6-7H2,1-5H3,(H,17,18). The Morgan fingerprint density at radius 3 is 2.47 bits per heavy atom. The Morgan fingerprint density at radius 2 is 1.95 bits per heavy atom. The van der Waals surface area contributed by atoms with Crippen LogP contribution in [0.1, 0.15) is 31.4 Å². The maximum Gasteiger partial charge on any atom is 0.309 e. The van der Waals surface area contributed by atoms with E-state index in [4.69, 9.17) is 9.84 Å². The van der Waals surface area contributed by atoms with Crippen LogP contribution < -0.4 is 10.1 Å². The van der Waals surface area contributed by atoms with Gasteiger partial charge in [-0.25, -0.2) is 0 Å². The van der Waals surface area contributed by atoms with Gasteiger partial charge in [0, 0.05) is 12.2 Å². The number of rotatable bonds is 6. The van der Waals surface area contributed by atoms with E-state index in [0.717, 1.165) is 22.6 Å². The molecule has 0 unspecified atom stereocenters. The highest BCUT2D eigenvalue weighted by molar-refractivity contribution is 5.73. The molecule has 0 heterocycles. The van der Waals surface area contributed by atoms with Crippen molar-refractivity contribution >= 4 is 11.7 Å². The van der Waals surface area contributed by atoms with Gasteiger partial charge in [0.15, 0.2) is 0 Å². The van der Waals surface area contributed by atoms with Gasteiger partial charge >= 0.3 is 5.97 Å². The number of hydrogen-bond acceptors (Lipinski definition) is 3. The Hall–Kier alpha value is -1.71. The number of nitrogens with one attached hydrogen (secondary N) is 1. The largest absolute Gasteiger partial charge is 0.496 e. The van der Waals surface area contributed by atoms with Gasteiger partial charge in [-0.3, -0.25) is 4.79 Å². The second-order valence-electron chi connectivity index (χ2n) is 5.50. The van der Waals surface area contributed by atoms with Crippen LogP contribution >= 0.6 is 0 Å². The summed E-state index contributed by atoms with van der Waals surface area (Å²) in [6.07, 6.45) is 0.576. The van der Waals surface area contributed by atoms with E-state index < -0.39 is 11.4 Å². The molecule has 0 aliphatic rings. The summed E-state index contributed by atoms with van der Waals surface area (Å²) in [6.45, 7) is 8.11. The molecule has 0 saturated heterocycles. The van der Waals surface area contributed by atoms with Crippen LogP contribution in [0.4, 0.5) is 5.69 Å². The summed E-state index contributed by atoms with van der Waals surface area (Å²) in [6, 6.07) is 4.02. The number of aryl methyl sites for hydroxylation is 2. The zero-order valence-corrected chi connectivity index (χ0v) is 12.3. The van der Waals surface area contributed by atoms with Gasteiger partial charge in [-0.2, -0.15) is 0 Å². The molecule has 0 fully saturated rings. The lowest BCUT2D eigenvalue weighted by molar-refractivity contribution is -0.147. The fraction of sp³-hybridized carbons (Fsp3) is 0.533. The van der Waals surface area contributed by atoms with Crippen molar-refractivity contribution in [2.24, 2.45) is 5.41 Å². The summed E-state index contributed by atoms with van der Waals surface area (Å²) in [4.78, 5) is 11.0. The van der Waals surface area contributed by atoms with Gasteiger partial charge in [-0.15, -0.1) is 0 Å². The van der Waals surface area contributed by atoms with Crippen molar-refractivity contribution in [3.05, 3.63) is 23.3 Å². The molecule has 0 aliphatic carbocycles. The van der Waals surface area contributed by atoms with E-state index in [-0.39, 0.29) is 0 Å². The van der Waals surface area contributed by atoms with Crippen molar-refractivity contribution < 1.29 is 14.6 Å². The fourth-order valence-electron chi connectivity index (χ4n) is 1.82. The average molecular weight is 265 g/mol. The topological polar surface area (TPSA) is 58.6 Å². The maximum atomic E-state index is 11.0. The minimum atomic E-state index is -0.767. The summed E-state index contributed by atoms with van der Waals surface area (Å²) in [5, 5.41) is 12.4. The van der Waals surface area contributed by atoms with Crippen molar-refractivity contribution in [1.29, 1.82) is 0 Å². The number of carboxylic acid groups (broad SMARTS) is 1. The van der Waals surface area contributed by atoms with E-state index in [2.05, 4.69) is 5.32 Å². The van der Waals surface area contributed by atoms with Crippen molar-refractivity contribution in [2.45, 2.75) is 34.1 Å². The fourth-order valence-corrected chi connectivity index (χ4v) is 1.82. The van der Waals surface area contributed by atoms with Crippen LogP contribution in [0.25, 0.3) is 0 Å². The summed E-state index contributed by atoms with van der Waals surface area (Å²) in [5.74, 6) is 0.103. The van der Waals surface area contributed by atoms with E-state index in [0.29, 0.717) is 13.0 Å². The van der Waals surface area contributed by atoms with Gasteiger partial charge < -0.3 is 15.2 Å². The zero-order chi connectivity index (χ0) is 14.6. The first-order valence-electron chi connectivity index (χ1n) is 6.40. The summed E-state index contributed by atoms with van der Waals surface area (Å²) in [7, 11) is 1.66. The molecule has 0 saturated carbocycles.